The lowest BCUT2D eigenvalue weighted by Gasteiger charge is -2.20. The summed E-state index contributed by atoms with van der Waals surface area (Å²) in [6, 6.07) is 5.18. The average Bonchev–Trinajstić information content (AvgIpc) is 3.84. The number of ether oxygens (including phenoxy) is 3. The van der Waals surface area contributed by atoms with E-state index in [0.717, 1.165) is 43.1 Å². The van der Waals surface area contributed by atoms with Crippen LogP contribution in [0.5, 0.6) is 5.75 Å². The number of hydrogen-bond donors (Lipinski definition) is 1. The van der Waals surface area contributed by atoms with E-state index in [0.29, 0.717) is 65.7 Å². The minimum Gasteiger partial charge on any atom is -0.497 e. The van der Waals surface area contributed by atoms with Crippen molar-refractivity contribution in [3.8, 4) is 17.1 Å². The molecule has 1 aliphatic rings. The van der Waals surface area contributed by atoms with E-state index in [2.05, 4.69) is 59.4 Å². The van der Waals surface area contributed by atoms with Crippen LogP contribution in [0.25, 0.3) is 11.4 Å². The number of anilines is 2. The first-order chi connectivity index (χ1) is 25.0. The number of likely N-dealkylation sites (N-methyl/N-ethyl adjacent to an activating group) is 1. The van der Waals surface area contributed by atoms with Crippen LogP contribution in [0.3, 0.4) is 0 Å². The molecule has 0 unspecified atom stereocenters. The Bertz CT molecular complexity index is 1730. The lowest BCUT2D eigenvalue weighted by atomic mass is 9.87. The van der Waals surface area contributed by atoms with Crippen LogP contribution in [-0.4, -0.2) is 92.6 Å². The molecule has 52 heavy (non-hydrogen) atoms. The summed E-state index contributed by atoms with van der Waals surface area (Å²) in [7, 11) is -0.397. The highest BCUT2D eigenvalue weighted by molar-refractivity contribution is 7.92. The number of methoxy groups -OCH3 is 2. The summed E-state index contributed by atoms with van der Waals surface area (Å²) in [4.78, 5) is 11.8. The van der Waals surface area contributed by atoms with Gasteiger partial charge in [0.25, 0.3) is 0 Å². The number of rotatable bonds is 24. The predicted octanol–water partition coefficient (Wildman–Crippen LogP) is 7.95. The van der Waals surface area contributed by atoms with E-state index in [4.69, 9.17) is 24.3 Å². The molecule has 13 nitrogen and oxygen atoms in total. The van der Waals surface area contributed by atoms with Crippen LogP contribution in [0.2, 0.25) is 0 Å². The SMILES string of the molecule is CCCCCCCCCCCCS(=O)(=O)Nc1ccc(OC)cc1-c1nnc2n1N=C(C(C)(C)C)C2=Nc1ncc(N(CC)CCOCCOC)s1. The number of sulfonamides is 1. The Labute approximate surface area is 314 Å². The van der Waals surface area contributed by atoms with Gasteiger partial charge in [-0.15, -0.1) is 10.2 Å². The Kier molecular flexibility index (Phi) is 16.0. The van der Waals surface area contributed by atoms with Gasteiger partial charge in [-0.2, -0.15) is 9.78 Å². The summed E-state index contributed by atoms with van der Waals surface area (Å²) in [5, 5.41) is 15.5. The molecule has 288 valence electrons. The topological polar surface area (TPSA) is 145 Å². The fourth-order valence-electron chi connectivity index (χ4n) is 5.87. The van der Waals surface area contributed by atoms with Gasteiger partial charge in [-0.1, -0.05) is 96.8 Å². The number of benzene rings is 1. The molecule has 0 amide bonds. The van der Waals surface area contributed by atoms with Crippen molar-refractivity contribution in [1.29, 1.82) is 0 Å². The van der Waals surface area contributed by atoms with Gasteiger partial charge in [-0.3, -0.25) is 4.72 Å². The monoisotopic (exact) mass is 758 g/mol. The predicted molar refractivity (Wildman–Crippen MR) is 212 cm³/mol. The molecule has 0 radical (unpaired) electrons. The number of hydrogen-bond acceptors (Lipinski definition) is 12. The highest BCUT2D eigenvalue weighted by Gasteiger charge is 2.36. The van der Waals surface area contributed by atoms with Crippen molar-refractivity contribution >= 4 is 48.6 Å². The molecule has 3 heterocycles. The summed E-state index contributed by atoms with van der Waals surface area (Å²) < 4.78 is 47.3. The quantitative estimate of drug-likeness (QED) is 0.0900. The first-order valence-corrected chi connectivity index (χ1v) is 21.1. The zero-order valence-electron chi connectivity index (χ0n) is 32.1. The van der Waals surface area contributed by atoms with Crippen molar-refractivity contribution in [1.82, 2.24) is 19.9 Å². The maximum Gasteiger partial charge on any atom is 0.232 e. The number of aliphatic imine (C=N–C) groups is 1. The number of thiazole rings is 1. The smallest absolute Gasteiger partial charge is 0.232 e. The fourth-order valence-corrected chi connectivity index (χ4v) is 7.95. The summed E-state index contributed by atoms with van der Waals surface area (Å²) >= 11 is 1.48. The molecule has 0 fully saturated rings. The maximum absolute atomic E-state index is 13.3. The van der Waals surface area contributed by atoms with E-state index >= 15 is 0 Å². The van der Waals surface area contributed by atoms with E-state index in [1.807, 2.05) is 6.20 Å². The lowest BCUT2D eigenvalue weighted by Crippen LogP contribution is -2.27. The number of fused-ring (bicyclic) bond motifs is 1. The fraction of sp³-hybridized carbons (Fsp3) is 0.649. The Morgan fingerprint density at radius 1 is 0.923 bits per heavy atom. The molecule has 1 N–H and O–H groups in total. The molecule has 0 atom stereocenters. The Hall–Kier alpha value is -3.40. The number of aromatic nitrogens is 4. The highest BCUT2D eigenvalue weighted by atomic mass is 32.2. The number of nitrogens with zero attached hydrogens (tertiary/aromatic N) is 7. The van der Waals surface area contributed by atoms with Crippen molar-refractivity contribution in [2.24, 2.45) is 15.5 Å². The molecule has 0 saturated heterocycles. The van der Waals surface area contributed by atoms with Crippen LogP contribution in [0.1, 0.15) is 105 Å². The van der Waals surface area contributed by atoms with Gasteiger partial charge in [-0.05, 0) is 31.5 Å². The molecule has 4 rings (SSSR count). The molecule has 2 aromatic heterocycles. The van der Waals surface area contributed by atoms with Crippen LogP contribution in [0.15, 0.2) is 34.5 Å². The third-order valence-corrected chi connectivity index (χ3v) is 11.1. The Balaban J connectivity index is 1.52. The van der Waals surface area contributed by atoms with Gasteiger partial charge < -0.3 is 19.1 Å². The van der Waals surface area contributed by atoms with E-state index in [1.54, 1.807) is 37.1 Å². The summed E-state index contributed by atoms with van der Waals surface area (Å²) in [6.07, 6.45) is 13.1. The third kappa shape index (κ3) is 11.8. The third-order valence-electron chi connectivity index (χ3n) is 8.81. The largest absolute Gasteiger partial charge is 0.497 e. The van der Waals surface area contributed by atoms with Crippen molar-refractivity contribution in [2.75, 3.05) is 62.5 Å². The Morgan fingerprint density at radius 2 is 1.62 bits per heavy atom. The first kappa shape index (κ1) is 41.4. The van der Waals surface area contributed by atoms with Crippen LogP contribution in [0, 0.1) is 5.41 Å². The molecular weight excluding hydrogens is 701 g/mol. The van der Waals surface area contributed by atoms with Crippen LogP contribution >= 0.6 is 11.3 Å². The van der Waals surface area contributed by atoms with Gasteiger partial charge in [-0.25, -0.2) is 18.4 Å². The Morgan fingerprint density at radius 3 is 2.27 bits per heavy atom. The van der Waals surface area contributed by atoms with Gasteiger partial charge in [0.1, 0.15) is 16.5 Å². The minimum atomic E-state index is -3.62. The van der Waals surface area contributed by atoms with Gasteiger partial charge in [0.15, 0.2) is 5.82 Å². The summed E-state index contributed by atoms with van der Waals surface area (Å²) in [5.74, 6) is 1.43. The second kappa shape index (κ2) is 20.2. The van der Waals surface area contributed by atoms with Gasteiger partial charge in [0.05, 0.1) is 50.3 Å². The van der Waals surface area contributed by atoms with Gasteiger partial charge >= 0.3 is 0 Å². The van der Waals surface area contributed by atoms with Crippen LogP contribution in [-0.2, 0) is 19.5 Å². The van der Waals surface area contributed by atoms with E-state index < -0.39 is 10.0 Å². The zero-order chi connectivity index (χ0) is 37.6. The summed E-state index contributed by atoms with van der Waals surface area (Å²) in [6.45, 7) is 13.7. The van der Waals surface area contributed by atoms with Crippen molar-refractivity contribution in [3.05, 3.63) is 30.2 Å². The molecule has 3 aromatic rings. The molecule has 0 aliphatic carbocycles. The molecule has 1 aliphatic heterocycles. The zero-order valence-corrected chi connectivity index (χ0v) is 33.7. The molecule has 0 bridgehead atoms. The van der Waals surface area contributed by atoms with Crippen molar-refractivity contribution in [3.63, 3.8) is 0 Å². The molecule has 0 saturated carbocycles. The van der Waals surface area contributed by atoms with Gasteiger partial charge in [0.2, 0.25) is 21.0 Å². The van der Waals surface area contributed by atoms with E-state index in [9.17, 15) is 8.42 Å². The molecule has 0 spiro atoms. The maximum atomic E-state index is 13.3. The van der Waals surface area contributed by atoms with Gasteiger partial charge in [0, 0.05) is 31.2 Å². The second-order valence-corrected chi connectivity index (χ2v) is 16.8. The summed E-state index contributed by atoms with van der Waals surface area (Å²) in [5.41, 5.74) is 1.80. The van der Waals surface area contributed by atoms with E-state index in [-0.39, 0.29) is 11.2 Å². The molecule has 15 heteroatoms. The minimum absolute atomic E-state index is 0.0438. The van der Waals surface area contributed by atoms with E-state index in [1.165, 1.54) is 49.9 Å². The number of nitrogens with one attached hydrogen (secondary N) is 1. The van der Waals surface area contributed by atoms with Crippen LogP contribution in [0.4, 0.5) is 15.8 Å². The van der Waals surface area contributed by atoms with Crippen molar-refractivity contribution < 1.29 is 22.6 Å². The average molecular weight is 759 g/mol. The van der Waals surface area contributed by atoms with Crippen molar-refractivity contribution in [2.45, 2.75) is 98.8 Å². The standard InChI is InChI=1S/C37H58N8O5S2/c1-8-10-11-12-13-14-15-16-17-18-25-52(46,47)43-30-20-19-28(49-7)26-29(30)34-40-41-35-32(33(37(3,4)5)42-45(34)35)39-36-38-27-31(51-36)44(9-2)21-22-50-24-23-48-6/h19-20,26-27,43H,8-18,21-25H2,1-7H3. The molecule has 1 aromatic carbocycles. The number of unbranched alkanes of at least 4 members (excludes halogenated alkanes) is 9. The lowest BCUT2D eigenvalue weighted by molar-refractivity contribution is 0.0741. The normalized spacial score (nSPS) is 13.8. The second-order valence-electron chi connectivity index (χ2n) is 14.0. The highest BCUT2D eigenvalue weighted by Crippen LogP contribution is 2.36. The molecular formula is C37H58N8O5S2. The first-order valence-electron chi connectivity index (χ1n) is 18.6. The van der Waals surface area contributed by atoms with Crippen LogP contribution < -0.4 is 14.4 Å².